The number of nitrogen functional groups attached to an aromatic ring is 1. The number of piperidine rings is 1. The first kappa shape index (κ1) is 19.8. The molecule has 0 bridgehead atoms. The van der Waals surface area contributed by atoms with Crippen LogP contribution in [-0.4, -0.2) is 55.6 Å². The monoisotopic (exact) mass is 396 g/mol. The van der Waals surface area contributed by atoms with Crippen LogP contribution < -0.4 is 15.2 Å². The van der Waals surface area contributed by atoms with Crippen LogP contribution in [0.15, 0.2) is 12.1 Å². The van der Waals surface area contributed by atoms with Gasteiger partial charge in [-0.3, -0.25) is 4.79 Å². The number of nitrogens with zero attached hydrogens (tertiary/aromatic N) is 1. The van der Waals surface area contributed by atoms with Crippen LogP contribution in [0.25, 0.3) is 0 Å². The Bertz CT molecular complexity index is 704. The molecule has 0 radical (unpaired) electrons. The van der Waals surface area contributed by atoms with Crippen molar-refractivity contribution in [3.8, 4) is 11.5 Å². The molecule has 1 fully saturated rings. The summed E-state index contributed by atoms with van der Waals surface area (Å²) in [4.78, 5) is 25.7. The summed E-state index contributed by atoms with van der Waals surface area (Å²) in [7, 11) is 0. The summed E-state index contributed by atoms with van der Waals surface area (Å²) in [5.41, 5.74) is 6.15. The van der Waals surface area contributed by atoms with Gasteiger partial charge in [-0.15, -0.1) is 0 Å². The Morgan fingerprint density at radius 3 is 2.78 bits per heavy atom. The molecule has 27 heavy (non-hydrogen) atoms. The molecule has 1 unspecified atom stereocenters. The summed E-state index contributed by atoms with van der Waals surface area (Å²) in [5, 5.41) is 0.350. The van der Waals surface area contributed by atoms with E-state index >= 15 is 0 Å². The summed E-state index contributed by atoms with van der Waals surface area (Å²) in [6, 6.07) is 3.29. The summed E-state index contributed by atoms with van der Waals surface area (Å²) in [6.07, 6.45) is 1.62. The second-order valence-corrected chi connectivity index (χ2v) is 7.48. The Morgan fingerprint density at radius 2 is 2.07 bits per heavy atom. The van der Waals surface area contributed by atoms with Crippen LogP contribution in [0.3, 0.4) is 0 Å². The van der Waals surface area contributed by atoms with E-state index in [4.69, 9.17) is 31.5 Å². The molecule has 2 heterocycles. The number of hydrogen-bond acceptors (Lipinski definition) is 7. The number of rotatable bonds is 6. The molecule has 0 spiro atoms. The molecule has 8 heteroatoms. The average molecular weight is 397 g/mol. The number of ether oxygens (including phenoxy) is 3. The zero-order chi connectivity index (χ0) is 19.4. The Balaban J connectivity index is 1.44. The van der Waals surface area contributed by atoms with Gasteiger partial charge in [-0.1, -0.05) is 11.6 Å². The SMILES string of the molecule is CC(=O)CCN1CCC(COC(=O)C2COc3ccc(Cl)c(N)c3O2)CC1. The van der Waals surface area contributed by atoms with E-state index in [2.05, 4.69) is 4.90 Å². The van der Waals surface area contributed by atoms with Crippen LogP contribution in [0.1, 0.15) is 26.2 Å². The van der Waals surface area contributed by atoms with E-state index < -0.39 is 12.1 Å². The second-order valence-electron chi connectivity index (χ2n) is 7.07. The van der Waals surface area contributed by atoms with Crippen LogP contribution in [-0.2, 0) is 14.3 Å². The van der Waals surface area contributed by atoms with Crippen molar-refractivity contribution in [2.45, 2.75) is 32.3 Å². The number of halogens is 1. The van der Waals surface area contributed by atoms with E-state index in [0.717, 1.165) is 32.5 Å². The quantitative estimate of drug-likeness (QED) is 0.582. The number of esters is 1. The lowest BCUT2D eigenvalue weighted by molar-refractivity contribution is -0.156. The lowest BCUT2D eigenvalue weighted by atomic mass is 9.97. The zero-order valence-corrected chi connectivity index (χ0v) is 16.2. The fraction of sp³-hybridized carbons (Fsp3) is 0.579. The van der Waals surface area contributed by atoms with Crippen LogP contribution in [0.5, 0.6) is 11.5 Å². The van der Waals surface area contributed by atoms with Gasteiger partial charge in [0.1, 0.15) is 12.4 Å². The molecule has 2 aliphatic heterocycles. The average Bonchev–Trinajstić information content (AvgIpc) is 2.68. The zero-order valence-electron chi connectivity index (χ0n) is 15.4. The molecule has 2 aliphatic rings. The third-order valence-electron chi connectivity index (χ3n) is 4.97. The Morgan fingerprint density at radius 1 is 1.33 bits per heavy atom. The molecule has 0 aromatic heterocycles. The number of benzene rings is 1. The van der Waals surface area contributed by atoms with Gasteiger partial charge in [-0.2, -0.15) is 0 Å². The smallest absolute Gasteiger partial charge is 0.350 e. The second kappa shape index (κ2) is 8.80. The molecule has 0 saturated carbocycles. The minimum absolute atomic E-state index is 0.0798. The summed E-state index contributed by atoms with van der Waals surface area (Å²) >= 11 is 5.99. The number of carbonyl (C=O) groups is 2. The Kier molecular flexibility index (Phi) is 6.44. The predicted octanol–water partition coefficient (Wildman–Crippen LogP) is 2.30. The highest BCUT2D eigenvalue weighted by Crippen LogP contribution is 2.41. The molecule has 1 atom stereocenters. The molecule has 148 valence electrons. The lowest BCUT2D eigenvalue weighted by Gasteiger charge is -2.32. The van der Waals surface area contributed by atoms with Crippen molar-refractivity contribution in [2.24, 2.45) is 5.92 Å². The third-order valence-corrected chi connectivity index (χ3v) is 5.30. The van der Waals surface area contributed by atoms with Crippen molar-refractivity contribution in [3.05, 3.63) is 17.2 Å². The van der Waals surface area contributed by atoms with E-state index in [1.165, 1.54) is 0 Å². The highest BCUT2D eigenvalue weighted by atomic mass is 35.5. The molecule has 0 amide bonds. The van der Waals surface area contributed by atoms with Crippen LogP contribution in [0.2, 0.25) is 5.02 Å². The molecule has 7 nitrogen and oxygen atoms in total. The molecule has 1 saturated heterocycles. The number of fused-ring (bicyclic) bond motifs is 1. The molecule has 3 rings (SSSR count). The van der Waals surface area contributed by atoms with Gasteiger partial charge in [0.25, 0.3) is 0 Å². The Hall–Kier alpha value is -1.99. The molecule has 2 N–H and O–H groups in total. The van der Waals surface area contributed by atoms with Gasteiger partial charge in [-0.05, 0) is 50.9 Å². The number of nitrogens with two attached hydrogens (primary N) is 1. The number of anilines is 1. The van der Waals surface area contributed by atoms with Gasteiger partial charge in [0, 0.05) is 13.0 Å². The van der Waals surface area contributed by atoms with Gasteiger partial charge < -0.3 is 24.8 Å². The third kappa shape index (κ3) is 5.05. The first-order valence-corrected chi connectivity index (χ1v) is 9.57. The van der Waals surface area contributed by atoms with E-state index in [-0.39, 0.29) is 23.8 Å². The van der Waals surface area contributed by atoms with Crippen molar-refractivity contribution in [2.75, 3.05) is 38.6 Å². The highest BCUT2D eigenvalue weighted by molar-refractivity contribution is 6.33. The largest absolute Gasteiger partial charge is 0.485 e. The molecule has 0 aliphatic carbocycles. The minimum Gasteiger partial charge on any atom is -0.485 e. The number of Topliss-reactive ketones (excluding diaryl/α,β-unsaturated/α-hetero) is 1. The summed E-state index contributed by atoms with van der Waals surface area (Å²) in [5.74, 6) is 0.829. The van der Waals surface area contributed by atoms with Crippen molar-refractivity contribution < 1.29 is 23.8 Å². The van der Waals surface area contributed by atoms with Crippen molar-refractivity contribution in [1.29, 1.82) is 0 Å². The summed E-state index contributed by atoms with van der Waals surface area (Å²) < 4.78 is 16.7. The first-order valence-electron chi connectivity index (χ1n) is 9.20. The topological polar surface area (TPSA) is 91.1 Å². The van der Waals surface area contributed by atoms with E-state index in [1.807, 2.05) is 0 Å². The van der Waals surface area contributed by atoms with E-state index in [9.17, 15) is 9.59 Å². The van der Waals surface area contributed by atoms with Crippen molar-refractivity contribution >= 4 is 29.0 Å². The highest BCUT2D eigenvalue weighted by Gasteiger charge is 2.31. The maximum atomic E-state index is 12.3. The lowest BCUT2D eigenvalue weighted by Crippen LogP contribution is -2.40. The number of hydrogen-bond donors (Lipinski definition) is 1. The Labute approximate surface area is 163 Å². The van der Waals surface area contributed by atoms with Crippen molar-refractivity contribution in [1.82, 2.24) is 4.90 Å². The van der Waals surface area contributed by atoms with Gasteiger partial charge in [0.2, 0.25) is 6.10 Å². The molecular weight excluding hydrogens is 372 g/mol. The fourth-order valence-electron chi connectivity index (χ4n) is 3.23. The summed E-state index contributed by atoms with van der Waals surface area (Å²) in [6.45, 7) is 4.69. The van der Waals surface area contributed by atoms with Crippen LogP contribution in [0, 0.1) is 5.92 Å². The maximum Gasteiger partial charge on any atom is 0.350 e. The van der Waals surface area contributed by atoms with E-state index in [1.54, 1.807) is 19.1 Å². The number of carbonyl (C=O) groups excluding carboxylic acids is 2. The fourth-order valence-corrected chi connectivity index (χ4v) is 3.38. The van der Waals surface area contributed by atoms with Gasteiger partial charge in [0.05, 0.1) is 17.3 Å². The number of likely N-dealkylation sites (tertiary alicyclic amines) is 1. The molecule has 1 aromatic carbocycles. The van der Waals surface area contributed by atoms with E-state index in [0.29, 0.717) is 29.7 Å². The van der Waals surface area contributed by atoms with Gasteiger partial charge in [0.15, 0.2) is 11.5 Å². The van der Waals surface area contributed by atoms with Crippen LogP contribution >= 0.6 is 11.6 Å². The normalized spacial score (nSPS) is 20.3. The van der Waals surface area contributed by atoms with Crippen molar-refractivity contribution in [3.63, 3.8) is 0 Å². The predicted molar refractivity (Wildman–Crippen MR) is 101 cm³/mol. The maximum absolute atomic E-state index is 12.3. The van der Waals surface area contributed by atoms with Gasteiger partial charge >= 0.3 is 5.97 Å². The standard InChI is InChI=1S/C19H25ClN2O5/c1-12(23)4-7-22-8-5-13(6-9-22)10-26-19(24)16-11-25-15-3-2-14(20)17(21)18(15)27-16/h2-3,13,16H,4-11,21H2,1H3. The molecule has 1 aromatic rings. The molecular formula is C19H25ClN2O5. The first-order chi connectivity index (χ1) is 12.9. The number of ketones is 1. The van der Waals surface area contributed by atoms with Crippen LogP contribution in [0.4, 0.5) is 5.69 Å². The minimum atomic E-state index is -0.853. The van der Waals surface area contributed by atoms with Gasteiger partial charge in [-0.25, -0.2) is 4.79 Å².